The fourth-order valence-electron chi connectivity index (χ4n) is 5.20. The Kier molecular flexibility index (Phi) is 17.7. The summed E-state index contributed by atoms with van der Waals surface area (Å²) in [4.78, 5) is 24.5. The predicted molar refractivity (Wildman–Crippen MR) is 188 cm³/mol. The number of unbranched alkanes of at least 4 members (excludes halogenated alkanes) is 6. The van der Waals surface area contributed by atoms with Crippen molar-refractivity contribution in [1.29, 1.82) is 0 Å². The Balaban J connectivity index is 1.86. The van der Waals surface area contributed by atoms with Gasteiger partial charge >= 0.3 is 11.9 Å². The number of carbonyl (C=O) groups excluding carboxylic acids is 2. The summed E-state index contributed by atoms with van der Waals surface area (Å²) in [5.41, 5.74) is 0. The molecule has 0 fully saturated rings. The molecule has 0 amide bonds. The highest BCUT2D eigenvalue weighted by molar-refractivity contribution is 6.31. The van der Waals surface area contributed by atoms with Crippen LogP contribution in [-0.2, 0) is 28.5 Å². The maximum Gasteiger partial charge on any atom is 0.305 e. The van der Waals surface area contributed by atoms with Crippen LogP contribution in [0, 0.1) is 0 Å². The van der Waals surface area contributed by atoms with Gasteiger partial charge in [-0.25, -0.2) is 0 Å². The van der Waals surface area contributed by atoms with Crippen molar-refractivity contribution < 1.29 is 38.0 Å². The number of fused-ring (bicyclic) bond motifs is 2. The molecular formula is C38H53ClO8. The Bertz CT molecular complexity index is 1380. The lowest BCUT2D eigenvalue weighted by Gasteiger charge is -2.23. The van der Waals surface area contributed by atoms with E-state index in [0.29, 0.717) is 29.7 Å². The van der Waals surface area contributed by atoms with Crippen LogP contribution in [0.3, 0.4) is 0 Å². The molecule has 0 saturated carbocycles. The molecule has 0 radical (unpaired) electrons. The zero-order chi connectivity index (χ0) is 33.9. The number of rotatable bonds is 24. The normalized spacial score (nSPS) is 12.6. The first-order valence-corrected chi connectivity index (χ1v) is 17.7. The minimum Gasteiger partial charge on any atom is -0.488 e. The quantitative estimate of drug-likeness (QED) is 0.0529. The Morgan fingerprint density at radius 3 is 1.53 bits per heavy atom. The van der Waals surface area contributed by atoms with Gasteiger partial charge in [0.15, 0.2) is 12.2 Å². The van der Waals surface area contributed by atoms with Crippen LogP contribution in [0.1, 0.15) is 91.9 Å². The van der Waals surface area contributed by atoms with Gasteiger partial charge in [-0.1, -0.05) is 102 Å². The highest BCUT2D eigenvalue weighted by atomic mass is 35.5. The first-order chi connectivity index (χ1) is 22.9. The number of ether oxygens (including phenoxy) is 6. The van der Waals surface area contributed by atoms with Gasteiger partial charge in [-0.05, 0) is 31.0 Å². The van der Waals surface area contributed by atoms with Crippen molar-refractivity contribution in [3.8, 4) is 11.5 Å². The zero-order valence-corrected chi connectivity index (χ0v) is 29.4. The molecule has 8 nitrogen and oxygen atoms in total. The van der Waals surface area contributed by atoms with Gasteiger partial charge in [-0.2, -0.15) is 0 Å². The third kappa shape index (κ3) is 12.8. The summed E-state index contributed by atoms with van der Waals surface area (Å²) in [6.45, 7) is 9.80. The van der Waals surface area contributed by atoms with Crippen molar-refractivity contribution in [2.45, 2.75) is 104 Å². The Labute approximate surface area is 285 Å². The summed E-state index contributed by atoms with van der Waals surface area (Å²) in [5, 5.41) is 3.72. The van der Waals surface area contributed by atoms with Crippen molar-refractivity contribution >= 4 is 45.1 Å². The van der Waals surface area contributed by atoms with Crippen LogP contribution in [0.2, 0.25) is 5.02 Å². The fourth-order valence-corrected chi connectivity index (χ4v) is 5.37. The number of benzene rings is 3. The van der Waals surface area contributed by atoms with E-state index in [4.69, 9.17) is 40.0 Å². The second-order valence-corrected chi connectivity index (χ2v) is 12.2. The lowest BCUT2D eigenvalue weighted by Crippen LogP contribution is -2.30. The minimum absolute atomic E-state index is 0.108. The first-order valence-electron chi connectivity index (χ1n) is 17.4. The lowest BCUT2D eigenvalue weighted by atomic mass is 10.0. The molecule has 0 aliphatic carbocycles. The Morgan fingerprint density at radius 2 is 1.06 bits per heavy atom. The van der Waals surface area contributed by atoms with Gasteiger partial charge in [0.2, 0.25) is 0 Å². The number of hydrogen-bond donors (Lipinski definition) is 0. The predicted octanol–water partition coefficient (Wildman–Crippen LogP) is 9.24. The van der Waals surface area contributed by atoms with E-state index in [2.05, 4.69) is 13.8 Å². The van der Waals surface area contributed by atoms with E-state index in [1.54, 1.807) is 13.8 Å². The fraction of sp³-hybridized carbons (Fsp3) is 0.579. The zero-order valence-electron chi connectivity index (χ0n) is 28.7. The summed E-state index contributed by atoms with van der Waals surface area (Å²) in [7, 11) is 0. The van der Waals surface area contributed by atoms with Gasteiger partial charge in [0.1, 0.15) is 24.7 Å². The molecular weight excluding hydrogens is 620 g/mol. The molecule has 9 heteroatoms. The van der Waals surface area contributed by atoms with Gasteiger partial charge < -0.3 is 28.4 Å². The van der Waals surface area contributed by atoms with E-state index in [1.165, 1.54) is 12.8 Å². The average Bonchev–Trinajstić information content (AvgIpc) is 3.08. The van der Waals surface area contributed by atoms with Gasteiger partial charge in [0.05, 0.1) is 13.2 Å². The molecule has 0 aliphatic rings. The SMILES string of the molecule is CCCCCCOCC(COc1c2ccccc2c(OCC(COCCCCCC)OC(=O)CC)c2cc(Cl)ccc12)OC(=O)CC. The van der Waals surface area contributed by atoms with Gasteiger partial charge in [-0.3, -0.25) is 9.59 Å². The van der Waals surface area contributed by atoms with Crippen molar-refractivity contribution in [1.82, 2.24) is 0 Å². The smallest absolute Gasteiger partial charge is 0.305 e. The molecule has 0 bridgehead atoms. The summed E-state index contributed by atoms with van der Waals surface area (Å²) < 4.78 is 36.1. The van der Waals surface area contributed by atoms with Crippen LogP contribution >= 0.6 is 11.6 Å². The van der Waals surface area contributed by atoms with E-state index in [1.807, 2.05) is 42.5 Å². The largest absolute Gasteiger partial charge is 0.488 e. The molecule has 0 heterocycles. The first kappa shape index (κ1) is 38.4. The Morgan fingerprint density at radius 1 is 0.596 bits per heavy atom. The third-order valence-electron chi connectivity index (χ3n) is 7.78. The number of halogens is 1. The van der Waals surface area contributed by atoms with Gasteiger partial charge in [0, 0.05) is 52.6 Å². The Hall–Kier alpha value is -3.07. The second-order valence-electron chi connectivity index (χ2n) is 11.7. The van der Waals surface area contributed by atoms with E-state index < -0.39 is 12.2 Å². The van der Waals surface area contributed by atoms with Crippen molar-refractivity contribution in [3.05, 3.63) is 47.5 Å². The van der Waals surface area contributed by atoms with Crippen LogP contribution in [0.15, 0.2) is 42.5 Å². The molecule has 2 unspecified atom stereocenters. The topological polar surface area (TPSA) is 89.5 Å². The van der Waals surface area contributed by atoms with E-state index >= 15 is 0 Å². The van der Waals surface area contributed by atoms with Crippen LogP contribution in [0.25, 0.3) is 21.5 Å². The van der Waals surface area contributed by atoms with Crippen LogP contribution in [0.4, 0.5) is 0 Å². The molecule has 2 atom stereocenters. The summed E-state index contributed by atoms with van der Waals surface area (Å²) in [6, 6.07) is 13.4. The second kappa shape index (κ2) is 21.7. The highest BCUT2D eigenvalue weighted by Gasteiger charge is 2.22. The molecule has 0 spiro atoms. The highest BCUT2D eigenvalue weighted by Crippen LogP contribution is 2.43. The minimum atomic E-state index is -0.575. The maximum absolute atomic E-state index is 12.3. The van der Waals surface area contributed by atoms with Gasteiger partial charge in [-0.15, -0.1) is 0 Å². The summed E-state index contributed by atoms with van der Waals surface area (Å²) in [5.74, 6) is 0.624. The van der Waals surface area contributed by atoms with E-state index in [0.717, 1.165) is 60.1 Å². The maximum atomic E-state index is 12.3. The monoisotopic (exact) mass is 672 g/mol. The molecule has 3 rings (SSSR count). The standard InChI is InChI=1S/C38H53ClO8/c1-5-9-11-15-21-42-24-29(46-35(40)7-3)26-44-37-31-17-13-14-18-32(31)38(34-23-28(39)19-20-33(34)37)45-27-30(47-36(41)8-4)25-43-22-16-12-10-6-2/h13-14,17-20,23,29-30H,5-12,15-16,21-22,24-27H2,1-4H3. The van der Waals surface area contributed by atoms with Crippen LogP contribution in [-0.4, -0.2) is 63.8 Å². The molecule has 260 valence electrons. The summed E-state index contributed by atoms with van der Waals surface area (Å²) in [6.07, 6.45) is 8.16. The average molecular weight is 673 g/mol. The summed E-state index contributed by atoms with van der Waals surface area (Å²) >= 11 is 6.51. The van der Waals surface area contributed by atoms with E-state index in [-0.39, 0.29) is 51.2 Å². The number of hydrogen-bond acceptors (Lipinski definition) is 8. The molecule has 0 saturated heterocycles. The van der Waals surface area contributed by atoms with Crippen LogP contribution < -0.4 is 9.47 Å². The van der Waals surface area contributed by atoms with Crippen molar-refractivity contribution in [3.63, 3.8) is 0 Å². The van der Waals surface area contributed by atoms with Gasteiger partial charge in [0.25, 0.3) is 0 Å². The van der Waals surface area contributed by atoms with Crippen LogP contribution in [0.5, 0.6) is 11.5 Å². The number of carbonyl (C=O) groups is 2. The molecule has 47 heavy (non-hydrogen) atoms. The molecule has 0 N–H and O–H groups in total. The molecule has 3 aromatic carbocycles. The lowest BCUT2D eigenvalue weighted by molar-refractivity contribution is -0.154. The third-order valence-corrected chi connectivity index (χ3v) is 8.01. The van der Waals surface area contributed by atoms with Crippen molar-refractivity contribution in [2.75, 3.05) is 39.6 Å². The molecule has 0 aromatic heterocycles. The van der Waals surface area contributed by atoms with Crippen molar-refractivity contribution in [2.24, 2.45) is 0 Å². The molecule has 3 aromatic rings. The van der Waals surface area contributed by atoms with E-state index in [9.17, 15) is 9.59 Å². The number of esters is 2. The molecule has 0 aliphatic heterocycles.